The van der Waals surface area contributed by atoms with Crippen molar-refractivity contribution in [2.45, 2.75) is 25.8 Å². The van der Waals surface area contributed by atoms with Crippen LogP contribution < -0.4 is 10.3 Å². The van der Waals surface area contributed by atoms with Crippen LogP contribution in [0.15, 0.2) is 59.7 Å². The summed E-state index contributed by atoms with van der Waals surface area (Å²) in [4.78, 5) is 31.7. The van der Waals surface area contributed by atoms with Gasteiger partial charge >= 0.3 is 0 Å². The number of nitrogens with zero attached hydrogens (tertiary/aromatic N) is 3. The van der Waals surface area contributed by atoms with E-state index in [9.17, 15) is 9.59 Å². The van der Waals surface area contributed by atoms with Gasteiger partial charge in [0.1, 0.15) is 5.75 Å². The zero-order valence-corrected chi connectivity index (χ0v) is 16.6. The quantitative estimate of drug-likeness (QED) is 0.671. The molecule has 0 radical (unpaired) electrons. The SMILES string of the molecule is COc1ccccc1CC(=O)N1CCC(Cn2cnc3ccccc3c2=O)CC1. The molecule has 4 rings (SSSR count). The van der Waals surface area contributed by atoms with Gasteiger partial charge in [-0.2, -0.15) is 0 Å². The summed E-state index contributed by atoms with van der Waals surface area (Å²) in [5.41, 5.74) is 1.65. The highest BCUT2D eigenvalue weighted by atomic mass is 16.5. The summed E-state index contributed by atoms with van der Waals surface area (Å²) in [7, 11) is 1.62. The number of piperidine rings is 1. The van der Waals surface area contributed by atoms with Crippen LogP contribution in [-0.4, -0.2) is 40.6 Å². The molecule has 3 aromatic rings. The first-order chi connectivity index (χ1) is 14.2. The van der Waals surface area contributed by atoms with Crippen molar-refractivity contribution in [3.05, 3.63) is 70.8 Å². The number of benzene rings is 2. The van der Waals surface area contributed by atoms with E-state index in [2.05, 4.69) is 4.98 Å². The maximum absolute atomic E-state index is 12.7. The number of hydrogen-bond acceptors (Lipinski definition) is 4. The van der Waals surface area contributed by atoms with Gasteiger partial charge in [-0.3, -0.25) is 14.2 Å². The van der Waals surface area contributed by atoms with E-state index in [1.807, 2.05) is 53.4 Å². The highest BCUT2D eigenvalue weighted by Crippen LogP contribution is 2.22. The predicted octanol–water partition coefficient (Wildman–Crippen LogP) is 2.89. The molecule has 2 aromatic carbocycles. The van der Waals surface area contributed by atoms with Crippen molar-refractivity contribution in [1.82, 2.24) is 14.5 Å². The summed E-state index contributed by atoms with van der Waals surface area (Å²) in [6.45, 7) is 2.08. The lowest BCUT2D eigenvalue weighted by Gasteiger charge is -2.32. The van der Waals surface area contributed by atoms with Crippen molar-refractivity contribution in [3.8, 4) is 5.75 Å². The third kappa shape index (κ3) is 4.16. The molecule has 0 aliphatic carbocycles. The fourth-order valence-electron chi connectivity index (χ4n) is 4.00. The third-order valence-electron chi connectivity index (χ3n) is 5.69. The molecule has 1 saturated heterocycles. The molecule has 0 spiro atoms. The fraction of sp³-hybridized carbons (Fsp3) is 0.348. The van der Waals surface area contributed by atoms with Gasteiger partial charge in [-0.1, -0.05) is 30.3 Å². The molecule has 0 atom stereocenters. The van der Waals surface area contributed by atoms with E-state index in [1.165, 1.54) is 0 Å². The van der Waals surface area contributed by atoms with Crippen LogP contribution in [0.4, 0.5) is 0 Å². The van der Waals surface area contributed by atoms with Gasteiger partial charge in [0.15, 0.2) is 0 Å². The molecule has 1 aliphatic heterocycles. The minimum absolute atomic E-state index is 0.00489. The summed E-state index contributed by atoms with van der Waals surface area (Å²) in [5, 5.41) is 0.652. The van der Waals surface area contributed by atoms with Crippen LogP contribution in [0.2, 0.25) is 0 Å². The smallest absolute Gasteiger partial charge is 0.261 e. The topological polar surface area (TPSA) is 64.4 Å². The largest absolute Gasteiger partial charge is 0.496 e. The van der Waals surface area contributed by atoms with Crippen LogP contribution >= 0.6 is 0 Å². The van der Waals surface area contributed by atoms with Crippen molar-refractivity contribution >= 4 is 16.8 Å². The number of fused-ring (bicyclic) bond motifs is 1. The molecule has 1 aromatic heterocycles. The molecular formula is C23H25N3O3. The van der Waals surface area contributed by atoms with E-state index in [1.54, 1.807) is 18.0 Å². The van der Waals surface area contributed by atoms with Gasteiger partial charge in [0.2, 0.25) is 5.91 Å². The van der Waals surface area contributed by atoms with Crippen LogP contribution in [0.1, 0.15) is 18.4 Å². The van der Waals surface area contributed by atoms with Crippen molar-refractivity contribution in [3.63, 3.8) is 0 Å². The van der Waals surface area contributed by atoms with E-state index in [0.717, 1.165) is 29.7 Å². The highest BCUT2D eigenvalue weighted by Gasteiger charge is 2.24. The van der Waals surface area contributed by atoms with Gasteiger partial charge in [0, 0.05) is 25.2 Å². The Labute approximate surface area is 169 Å². The summed E-state index contributed by atoms with van der Waals surface area (Å²) < 4.78 is 7.06. The van der Waals surface area contributed by atoms with Crippen molar-refractivity contribution in [2.75, 3.05) is 20.2 Å². The monoisotopic (exact) mass is 391 g/mol. The average Bonchev–Trinajstić information content (AvgIpc) is 2.77. The zero-order valence-electron chi connectivity index (χ0n) is 16.6. The molecule has 0 unspecified atom stereocenters. The number of aromatic nitrogens is 2. The fourth-order valence-corrected chi connectivity index (χ4v) is 4.00. The number of rotatable bonds is 5. The molecule has 1 fully saturated rings. The molecule has 150 valence electrons. The number of carbonyl (C=O) groups is 1. The molecule has 1 amide bonds. The van der Waals surface area contributed by atoms with Crippen LogP contribution in [0.25, 0.3) is 10.9 Å². The van der Waals surface area contributed by atoms with E-state index in [0.29, 0.717) is 37.4 Å². The van der Waals surface area contributed by atoms with E-state index < -0.39 is 0 Å². The molecule has 0 bridgehead atoms. The highest BCUT2D eigenvalue weighted by molar-refractivity contribution is 5.79. The Balaban J connectivity index is 1.37. The van der Waals surface area contributed by atoms with Crippen LogP contribution in [0, 0.1) is 5.92 Å². The summed E-state index contributed by atoms with van der Waals surface area (Å²) in [5.74, 6) is 1.24. The standard InChI is InChI=1S/C23H25N3O3/c1-29-21-9-5-2-6-18(21)14-22(27)25-12-10-17(11-13-25)15-26-16-24-20-8-4-3-7-19(20)23(26)28/h2-9,16-17H,10-15H2,1H3. The number of para-hydroxylation sites is 2. The number of methoxy groups -OCH3 is 1. The second kappa shape index (κ2) is 8.47. The average molecular weight is 391 g/mol. The van der Waals surface area contributed by atoms with Gasteiger partial charge in [0.25, 0.3) is 5.56 Å². The lowest BCUT2D eigenvalue weighted by molar-refractivity contribution is -0.131. The van der Waals surface area contributed by atoms with Gasteiger partial charge in [-0.25, -0.2) is 4.98 Å². The predicted molar refractivity (Wildman–Crippen MR) is 112 cm³/mol. The van der Waals surface area contributed by atoms with E-state index in [-0.39, 0.29) is 11.5 Å². The van der Waals surface area contributed by atoms with Gasteiger partial charge in [0.05, 0.1) is 30.8 Å². The van der Waals surface area contributed by atoms with Gasteiger partial charge < -0.3 is 9.64 Å². The molecule has 0 saturated carbocycles. The zero-order chi connectivity index (χ0) is 20.2. The van der Waals surface area contributed by atoms with Gasteiger partial charge in [-0.05, 0) is 37.0 Å². The Morgan fingerprint density at radius 2 is 1.83 bits per heavy atom. The molecule has 6 nitrogen and oxygen atoms in total. The van der Waals surface area contributed by atoms with Crippen LogP contribution in [0.3, 0.4) is 0 Å². The van der Waals surface area contributed by atoms with Crippen molar-refractivity contribution in [1.29, 1.82) is 0 Å². The molecule has 0 N–H and O–H groups in total. The van der Waals surface area contributed by atoms with E-state index in [4.69, 9.17) is 4.74 Å². The lowest BCUT2D eigenvalue weighted by atomic mass is 9.96. The minimum atomic E-state index is 0.00489. The van der Waals surface area contributed by atoms with Crippen molar-refractivity contribution < 1.29 is 9.53 Å². The Morgan fingerprint density at radius 1 is 1.10 bits per heavy atom. The second-order valence-electron chi connectivity index (χ2n) is 7.53. The number of carbonyl (C=O) groups excluding carboxylic acids is 1. The maximum atomic E-state index is 12.7. The third-order valence-corrected chi connectivity index (χ3v) is 5.69. The number of likely N-dealkylation sites (tertiary alicyclic amines) is 1. The van der Waals surface area contributed by atoms with Crippen LogP contribution in [0.5, 0.6) is 5.75 Å². The van der Waals surface area contributed by atoms with E-state index >= 15 is 0 Å². The Bertz CT molecular complexity index is 1070. The van der Waals surface area contributed by atoms with Gasteiger partial charge in [-0.15, -0.1) is 0 Å². The lowest BCUT2D eigenvalue weighted by Crippen LogP contribution is -2.40. The molecule has 2 heterocycles. The first-order valence-electron chi connectivity index (χ1n) is 9.99. The summed E-state index contributed by atoms with van der Waals surface area (Å²) in [6, 6.07) is 15.1. The summed E-state index contributed by atoms with van der Waals surface area (Å²) >= 11 is 0. The molecule has 1 aliphatic rings. The second-order valence-corrected chi connectivity index (χ2v) is 7.53. The minimum Gasteiger partial charge on any atom is -0.496 e. The van der Waals surface area contributed by atoms with Crippen molar-refractivity contribution in [2.24, 2.45) is 5.92 Å². The number of amides is 1. The Morgan fingerprint density at radius 3 is 2.62 bits per heavy atom. The normalized spacial score (nSPS) is 14.9. The van der Waals surface area contributed by atoms with Crippen LogP contribution in [-0.2, 0) is 17.8 Å². The number of hydrogen-bond donors (Lipinski definition) is 0. The molecular weight excluding hydrogens is 366 g/mol. The first-order valence-corrected chi connectivity index (χ1v) is 9.99. The molecule has 29 heavy (non-hydrogen) atoms. The number of ether oxygens (including phenoxy) is 1. The Kier molecular flexibility index (Phi) is 5.60. The Hall–Kier alpha value is -3.15. The first kappa shape index (κ1) is 19.2. The maximum Gasteiger partial charge on any atom is 0.261 e. The summed E-state index contributed by atoms with van der Waals surface area (Å²) in [6.07, 6.45) is 3.76. The molecule has 6 heteroatoms.